The third-order valence-corrected chi connectivity index (χ3v) is 3.13. The van der Waals surface area contributed by atoms with Gasteiger partial charge in [0.05, 0.1) is 11.8 Å². The van der Waals surface area contributed by atoms with Crippen LogP contribution in [0.3, 0.4) is 0 Å². The number of aromatic nitrogens is 3. The van der Waals surface area contributed by atoms with Gasteiger partial charge >= 0.3 is 6.18 Å². The minimum atomic E-state index is -4.48. The molecule has 0 unspecified atom stereocenters. The van der Waals surface area contributed by atoms with Gasteiger partial charge in [0, 0.05) is 5.56 Å². The van der Waals surface area contributed by atoms with Gasteiger partial charge in [-0.15, -0.1) is 5.10 Å². The van der Waals surface area contributed by atoms with Crippen molar-refractivity contribution in [3.8, 4) is 22.7 Å². The molecule has 7 heteroatoms. The zero-order valence-corrected chi connectivity index (χ0v) is 11.1. The number of phenolic OH excluding ortho intramolecular Hbond substituents is 1. The SMILES string of the molecule is Oc1ccccc1-n1cc(-c2ccccc2C(F)(F)F)nn1. The number of halogens is 3. The van der Waals surface area contributed by atoms with Crippen LogP contribution in [0.2, 0.25) is 0 Å². The van der Waals surface area contributed by atoms with E-state index in [2.05, 4.69) is 10.3 Å². The van der Waals surface area contributed by atoms with Gasteiger partial charge in [-0.2, -0.15) is 13.2 Å². The van der Waals surface area contributed by atoms with Gasteiger partial charge in [-0.1, -0.05) is 35.5 Å². The Morgan fingerprint density at radius 2 is 1.64 bits per heavy atom. The number of aromatic hydroxyl groups is 1. The van der Waals surface area contributed by atoms with Crippen LogP contribution in [0.25, 0.3) is 16.9 Å². The highest BCUT2D eigenvalue weighted by Crippen LogP contribution is 2.36. The summed E-state index contributed by atoms with van der Waals surface area (Å²) in [5.41, 5.74) is -0.419. The number of hydrogen-bond donors (Lipinski definition) is 1. The fourth-order valence-corrected chi connectivity index (χ4v) is 2.12. The van der Waals surface area contributed by atoms with Gasteiger partial charge < -0.3 is 5.11 Å². The highest BCUT2D eigenvalue weighted by atomic mass is 19.4. The summed E-state index contributed by atoms with van der Waals surface area (Å²) >= 11 is 0. The molecule has 0 aliphatic heterocycles. The van der Waals surface area contributed by atoms with Gasteiger partial charge in [-0.25, -0.2) is 4.68 Å². The smallest absolute Gasteiger partial charge is 0.417 e. The van der Waals surface area contributed by atoms with E-state index in [1.807, 2.05) is 0 Å². The quantitative estimate of drug-likeness (QED) is 0.786. The lowest BCUT2D eigenvalue weighted by atomic mass is 10.0. The fraction of sp³-hybridized carbons (Fsp3) is 0.0667. The van der Waals surface area contributed by atoms with E-state index in [4.69, 9.17) is 0 Å². The second kappa shape index (κ2) is 5.18. The third-order valence-electron chi connectivity index (χ3n) is 3.13. The van der Waals surface area contributed by atoms with Crippen molar-refractivity contribution in [2.45, 2.75) is 6.18 Å². The number of rotatable bonds is 2. The molecule has 112 valence electrons. The van der Waals surface area contributed by atoms with Crippen LogP contribution in [-0.4, -0.2) is 20.1 Å². The lowest BCUT2D eigenvalue weighted by Crippen LogP contribution is -2.06. The minimum absolute atomic E-state index is 0.0388. The highest BCUT2D eigenvalue weighted by molar-refractivity contribution is 5.64. The summed E-state index contributed by atoms with van der Waals surface area (Å²) < 4.78 is 40.3. The minimum Gasteiger partial charge on any atom is -0.506 e. The molecule has 1 heterocycles. The number of alkyl halides is 3. The first-order chi connectivity index (χ1) is 10.5. The van der Waals surface area contributed by atoms with Crippen LogP contribution in [0.4, 0.5) is 13.2 Å². The lowest BCUT2D eigenvalue weighted by molar-refractivity contribution is -0.137. The van der Waals surface area contributed by atoms with E-state index >= 15 is 0 Å². The summed E-state index contributed by atoms with van der Waals surface area (Å²) in [6.07, 6.45) is -3.13. The first-order valence-corrected chi connectivity index (χ1v) is 6.34. The Bertz CT molecular complexity index is 812. The normalized spacial score (nSPS) is 11.6. The Morgan fingerprint density at radius 3 is 2.36 bits per heavy atom. The maximum Gasteiger partial charge on any atom is 0.417 e. The summed E-state index contributed by atoms with van der Waals surface area (Å²) in [4.78, 5) is 0. The third kappa shape index (κ3) is 2.52. The lowest BCUT2D eigenvalue weighted by Gasteiger charge is -2.10. The molecule has 0 radical (unpaired) electrons. The van der Waals surface area contributed by atoms with Crippen LogP contribution in [0.15, 0.2) is 54.7 Å². The molecule has 0 fully saturated rings. The van der Waals surface area contributed by atoms with Crippen LogP contribution < -0.4 is 0 Å². The van der Waals surface area contributed by atoms with E-state index in [9.17, 15) is 18.3 Å². The zero-order valence-electron chi connectivity index (χ0n) is 11.1. The number of para-hydroxylation sites is 2. The Kier molecular flexibility index (Phi) is 3.32. The Morgan fingerprint density at radius 1 is 0.955 bits per heavy atom. The first kappa shape index (κ1) is 14.1. The molecule has 0 saturated carbocycles. The van der Waals surface area contributed by atoms with Crippen molar-refractivity contribution in [2.75, 3.05) is 0 Å². The van der Waals surface area contributed by atoms with E-state index in [-0.39, 0.29) is 17.0 Å². The summed E-state index contributed by atoms with van der Waals surface area (Å²) in [6.45, 7) is 0. The molecule has 0 bridgehead atoms. The number of nitrogens with zero attached hydrogens (tertiary/aromatic N) is 3. The molecule has 3 rings (SSSR count). The Labute approximate surface area is 123 Å². The topological polar surface area (TPSA) is 50.9 Å². The van der Waals surface area contributed by atoms with Crippen molar-refractivity contribution >= 4 is 0 Å². The van der Waals surface area contributed by atoms with Crippen molar-refractivity contribution in [1.29, 1.82) is 0 Å². The van der Waals surface area contributed by atoms with Gasteiger partial charge in [0.15, 0.2) is 0 Å². The molecule has 0 aliphatic carbocycles. The predicted molar refractivity (Wildman–Crippen MR) is 73.5 cm³/mol. The zero-order chi connectivity index (χ0) is 15.7. The van der Waals surface area contributed by atoms with Crippen LogP contribution in [0, 0.1) is 0 Å². The van der Waals surface area contributed by atoms with E-state index < -0.39 is 11.7 Å². The van der Waals surface area contributed by atoms with Crippen LogP contribution in [0.1, 0.15) is 5.56 Å². The van der Waals surface area contributed by atoms with Crippen LogP contribution >= 0.6 is 0 Å². The van der Waals surface area contributed by atoms with Crippen LogP contribution in [-0.2, 0) is 6.18 Å². The van der Waals surface area contributed by atoms with E-state index in [0.29, 0.717) is 5.69 Å². The van der Waals surface area contributed by atoms with Gasteiger partial charge in [0.1, 0.15) is 17.1 Å². The molecule has 1 N–H and O–H groups in total. The fourth-order valence-electron chi connectivity index (χ4n) is 2.12. The van der Waals surface area contributed by atoms with Gasteiger partial charge in [-0.3, -0.25) is 0 Å². The molecular weight excluding hydrogens is 295 g/mol. The van der Waals surface area contributed by atoms with Crippen molar-refractivity contribution in [1.82, 2.24) is 15.0 Å². The van der Waals surface area contributed by atoms with Gasteiger partial charge in [-0.05, 0) is 18.2 Å². The molecule has 0 spiro atoms. The molecule has 0 atom stereocenters. The molecule has 2 aromatic carbocycles. The largest absolute Gasteiger partial charge is 0.506 e. The molecule has 3 aromatic rings. The van der Waals surface area contributed by atoms with E-state index in [0.717, 1.165) is 6.07 Å². The maximum atomic E-state index is 13.0. The summed E-state index contributed by atoms with van der Waals surface area (Å²) in [6, 6.07) is 11.5. The average Bonchev–Trinajstić information content (AvgIpc) is 2.96. The number of phenols is 1. The predicted octanol–water partition coefficient (Wildman–Crippen LogP) is 3.66. The van der Waals surface area contributed by atoms with E-state index in [1.165, 1.54) is 35.1 Å². The molecule has 22 heavy (non-hydrogen) atoms. The highest BCUT2D eigenvalue weighted by Gasteiger charge is 2.34. The first-order valence-electron chi connectivity index (χ1n) is 6.34. The van der Waals surface area contributed by atoms with Gasteiger partial charge in [0.25, 0.3) is 0 Å². The van der Waals surface area contributed by atoms with Crippen molar-refractivity contribution in [3.05, 3.63) is 60.3 Å². The summed E-state index contributed by atoms with van der Waals surface area (Å²) in [5.74, 6) is -0.0388. The molecular formula is C15H10F3N3O. The number of benzene rings is 2. The summed E-state index contributed by atoms with van der Waals surface area (Å²) in [5, 5.41) is 17.3. The average molecular weight is 305 g/mol. The van der Waals surface area contributed by atoms with Crippen LogP contribution in [0.5, 0.6) is 5.75 Å². The Hall–Kier alpha value is -2.83. The molecule has 1 aromatic heterocycles. The van der Waals surface area contributed by atoms with E-state index in [1.54, 1.807) is 18.2 Å². The molecule has 4 nitrogen and oxygen atoms in total. The summed E-state index contributed by atoms with van der Waals surface area (Å²) in [7, 11) is 0. The number of hydrogen-bond acceptors (Lipinski definition) is 3. The molecule has 0 amide bonds. The van der Waals surface area contributed by atoms with Gasteiger partial charge in [0.2, 0.25) is 0 Å². The second-order valence-corrected chi connectivity index (χ2v) is 4.58. The standard InChI is InChI=1S/C15H10F3N3O/c16-15(17,18)11-6-2-1-5-10(11)12-9-21(20-19-12)13-7-3-4-8-14(13)22/h1-9,22H. The van der Waals surface area contributed by atoms with Crippen molar-refractivity contribution < 1.29 is 18.3 Å². The Balaban J connectivity index is 2.08. The maximum absolute atomic E-state index is 13.0. The monoisotopic (exact) mass is 305 g/mol. The second-order valence-electron chi connectivity index (χ2n) is 4.58. The van der Waals surface area contributed by atoms with Crippen molar-refractivity contribution in [2.24, 2.45) is 0 Å². The van der Waals surface area contributed by atoms with Crippen molar-refractivity contribution in [3.63, 3.8) is 0 Å². The molecule has 0 aliphatic rings. The molecule has 0 saturated heterocycles.